The second-order valence-corrected chi connectivity index (χ2v) is 11.7. The van der Waals surface area contributed by atoms with Gasteiger partial charge in [-0.15, -0.1) is 0 Å². The average molecular weight is 460 g/mol. The SMILES string of the molecule is CC1=C(OCc2cn[nH]n2)O[C@](C)(CCC[C@H](C)CCC(C)C(C)(C)CCCC(C)C)C=C1. The molecule has 0 radical (unpaired) electrons. The van der Waals surface area contributed by atoms with E-state index in [0.29, 0.717) is 18.0 Å². The predicted octanol–water partition coefficient (Wildman–Crippen LogP) is 7.97. The minimum absolute atomic E-state index is 0.315. The van der Waals surface area contributed by atoms with Gasteiger partial charge in [-0.3, -0.25) is 0 Å². The molecule has 1 aromatic rings. The smallest absolute Gasteiger partial charge is 0.283 e. The molecule has 0 saturated carbocycles. The number of hydrogen-bond donors (Lipinski definition) is 1. The van der Waals surface area contributed by atoms with Gasteiger partial charge in [-0.2, -0.15) is 15.4 Å². The summed E-state index contributed by atoms with van der Waals surface area (Å²) in [4.78, 5) is 0. The maximum absolute atomic E-state index is 6.28. The van der Waals surface area contributed by atoms with E-state index in [9.17, 15) is 0 Å². The molecule has 3 atom stereocenters. The van der Waals surface area contributed by atoms with Crippen LogP contribution in [-0.4, -0.2) is 21.0 Å². The number of rotatable bonds is 15. The van der Waals surface area contributed by atoms with Crippen LogP contribution in [0.15, 0.2) is 29.9 Å². The molecular formula is C28H49N3O2. The highest BCUT2D eigenvalue weighted by atomic mass is 16.7. The molecule has 0 aromatic carbocycles. The van der Waals surface area contributed by atoms with Gasteiger partial charge < -0.3 is 9.47 Å². The molecule has 0 aliphatic carbocycles. The van der Waals surface area contributed by atoms with Crippen molar-refractivity contribution in [3.05, 3.63) is 35.6 Å². The van der Waals surface area contributed by atoms with Crippen molar-refractivity contribution in [2.24, 2.45) is 23.2 Å². The molecule has 5 heteroatoms. The van der Waals surface area contributed by atoms with Crippen molar-refractivity contribution in [2.75, 3.05) is 0 Å². The van der Waals surface area contributed by atoms with Crippen LogP contribution >= 0.6 is 0 Å². The standard InChI is InChI=1S/C28H49N3O2/c1-21(2)11-9-16-27(6,7)24(5)14-13-22(3)12-10-17-28(8)18-15-23(4)26(33-28)32-20-25-19-29-31-30-25/h15,18-19,21-22,24H,9-14,16-17,20H2,1-8H3,(H,29,30,31)/t22-,24?,28+/m0/s1. The van der Waals surface area contributed by atoms with Crippen LogP contribution in [0, 0.1) is 23.2 Å². The fourth-order valence-corrected chi connectivity index (χ4v) is 4.49. The van der Waals surface area contributed by atoms with Gasteiger partial charge in [-0.1, -0.05) is 73.3 Å². The topological polar surface area (TPSA) is 60.0 Å². The fourth-order valence-electron chi connectivity index (χ4n) is 4.49. The number of nitrogens with one attached hydrogen (secondary N) is 1. The van der Waals surface area contributed by atoms with Gasteiger partial charge in [0.05, 0.1) is 6.20 Å². The van der Waals surface area contributed by atoms with Crippen LogP contribution < -0.4 is 0 Å². The third-order valence-corrected chi connectivity index (χ3v) is 7.55. The minimum Gasteiger partial charge on any atom is -0.459 e. The van der Waals surface area contributed by atoms with E-state index in [1.165, 1.54) is 38.5 Å². The normalized spacial score (nSPS) is 20.8. The Hall–Kier alpha value is -1.78. The molecule has 0 spiro atoms. The van der Waals surface area contributed by atoms with Gasteiger partial charge in [0.25, 0.3) is 5.95 Å². The van der Waals surface area contributed by atoms with Crippen molar-refractivity contribution in [3.8, 4) is 0 Å². The summed E-state index contributed by atoms with van der Waals surface area (Å²) in [6, 6.07) is 0. The Labute approximate surface area is 202 Å². The Bertz CT molecular complexity index is 751. The summed E-state index contributed by atoms with van der Waals surface area (Å²) in [6.07, 6.45) is 16.0. The Morgan fingerprint density at radius 3 is 2.52 bits per heavy atom. The Balaban J connectivity index is 1.70. The molecule has 1 aliphatic heterocycles. The van der Waals surface area contributed by atoms with E-state index in [2.05, 4.69) is 76.0 Å². The molecule has 1 aliphatic rings. The van der Waals surface area contributed by atoms with Crippen LogP contribution in [0.1, 0.15) is 112 Å². The molecule has 2 heterocycles. The number of hydrogen-bond acceptors (Lipinski definition) is 4. The van der Waals surface area contributed by atoms with Gasteiger partial charge in [-0.25, -0.2) is 0 Å². The summed E-state index contributed by atoms with van der Waals surface area (Å²) < 4.78 is 12.2. The maximum Gasteiger partial charge on any atom is 0.283 e. The van der Waals surface area contributed by atoms with Gasteiger partial charge in [-0.05, 0) is 68.8 Å². The van der Waals surface area contributed by atoms with E-state index in [-0.39, 0.29) is 5.60 Å². The van der Waals surface area contributed by atoms with Crippen LogP contribution in [-0.2, 0) is 16.1 Å². The number of H-pyrrole nitrogens is 1. The number of allylic oxidation sites excluding steroid dienone is 2. The lowest BCUT2D eigenvalue weighted by Crippen LogP contribution is -2.29. The highest BCUT2D eigenvalue weighted by Crippen LogP contribution is 2.37. The van der Waals surface area contributed by atoms with Crippen LogP contribution in [0.4, 0.5) is 0 Å². The lowest BCUT2D eigenvalue weighted by molar-refractivity contribution is -0.0545. The molecule has 1 aromatic heterocycles. The van der Waals surface area contributed by atoms with Crippen molar-refractivity contribution >= 4 is 0 Å². The molecule has 5 nitrogen and oxygen atoms in total. The second kappa shape index (κ2) is 12.6. The van der Waals surface area contributed by atoms with Crippen LogP contribution in [0.5, 0.6) is 0 Å². The molecule has 1 unspecified atom stereocenters. The Kier molecular flexibility index (Phi) is 10.5. The zero-order chi connectivity index (χ0) is 24.5. The number of ether oxygens (including phenoxy) is 2. The maximum atomic E-state index is 6.28. The van der Waals surface area contributed by atoms with Crippen molar-refractivity contribution in [2.45, 2.75) is 119 Å². The van der Waals surface area contributed by atoms with Crippen molar-refractivity contribution in [1.82, 2.24) is 15.4 Å². The summed E-state index contributed by atoms with van der Waals surface area (Å²) in [7, 11) is 0. The molecule has 0 saturated heterocycles. The number of aromatic amines is 1. The third-order valence-electron chi connectivity index (χ3n) is 7.55. The Morgan fingerprint density at radius 2 is 1.85 bits per heavy atom. The van der Waals surface area contributed by atoms with Gasteiger partial charge in [0.2, 0.25) is 0 Å². The first kappa shape index (κ1) is 27.5. The fraction of sp³-hybridized carbons (Fsp3) is 0.786. The average Bonchev–Trinajstić information content (AvgIpc) is 3.26. The molecular weight excluding hydrogens is 410 g/mol. The van der Waals surface area contributed by atoms with Crippen LogP contribution in [0.25, 0.3) is 0 Å². The largest absolute Gasteiger partial charge is 0.459 e. The van der Waals surface area contributed by atoms with Crippen molar-refractivity contribution < 1.29 is 9.47 Å². The summed E-state index contributed by atoms with van der Waals surface area (Å²) in [6.45, 7) is 19.0. The van der Waals surface area contributed by atoms with Gasteiger partial charge in [0.1, 0.15) is 17.9 Å². The van der Waals surface area contributed by atoms with E-state index in [4.69, 9.17) is 9.47 Å². The Morgan fingerprint density at radius 1 is 1.09 bits per heavy atom. The molecule has 188 valence electrons. The zero-order valence-corrected chi connectivity index (χ0v) is 22.5. The monoisotopic (exact) mass is 459 g/mol. The first-order valence-electron chi connectivity index (χ1n) is 13.1. The summed E-state index contributed by atoms with van der Waals surface area (Å²) >= 11 is 0. The van der Waals surface area contributed by atoms with E-state index in [1.807, 2.05) is 6.92 Å². The molecule has 0 amide bonds. The first-order chi connectivity index (χ1) is 15.5. The summed E-state index contributed by atoms with van der Waals surface area (Å²) in [5, 5.41) is 10.5. The van der Waals surface area contributed by atoms with Crippen molar-refractivity contribution in [1.29, 1.82) is 0 Å². The number of nitrogens with zero attached hydrogens (tertiary/aromatic N) is 2. The zero-order valence-electron chi connectivity index (χ0n) is 22.5. The van der Waals surface area contributed by atoms with E-state index < -0.39 is 0 Å². The van der Waals surface area contributed by atoms with E-state index >= 15 is 0 Å². The quantitative estimate of drug-likeness (QED) is 0.289. The highest BCUT2D eigenvalue weighted by molar-refractivity contribution is 5.25. The molecule has 2 rings (SSSR count). The second-order valence-electron chi connectivity index (χ2n) is 11.7. The molecule has 33 heavy (non-hydrogen) atoms. The lowest BCUT2D eigenvalue weighted by atomic mass is 9.73. The first-order valence-corrected chi connectivity index (χ1v) is 13.1. The summed E-state index contributed by atoms with van der Waals surface area (Å²) in [5.41, 5.74) is 1.90. The highest BCUT2D eigenvalue weighted by Gasteiger charge is 2.29. The van der Waals surface area contributed by atoms with Crippen LogP contribution in [0.2, 0.25) is 0 Å². The minimum atomic E-state index is -0.315. The molecule has 0 fully saturated rings. The van der Waals surface area contributed by atoms with E-state index in [1.54, 1.807) is 6.20 Å². The van der Waals surface area contributed by atoms with Gasteiger partial charge >= 0.3 is 0 Å². The molecule has 0 bridgehead atoms. The lowest BCUT2D eigenvalue weighted by Gasteiger charge is -2.33. The van der Waals surface area contributed by atoms with Crippen molar-refractivity contribution in [3.63, 3.8) is 0 Å². The number of aromatic nitrogens is 3. The predicted molar refractivity (Wildman–Crippen MR) is 136 cm³/mol. The third kappa shape index (κ3) is 9.54. The van der Waals surface area contributed by atoms with E-state index in [0.717, 1.165) is 41.9 Å². The van der Waals surface area contributed by atoms with Crippen LogP contribution in [0.3, 0.4) is 0 Å². The van der Waals surface area contributed by atoms with Gasteiger partial charge in [0.15, 0.2) is 0 Å². The molecule has 1 N–H and O–H groups in total. The van der Waals surface area contributed by atoms with Gasteiger partial charge in [0, 0.05) is 5.57 Å². The summed E-state index contributed by atoms with van der Waals surface area (Å²) in [5.74, 6) is 2.93.